The summed E-state index contributed by atoms with van der Waals surface area (Å²) in [5.74, 6) is 2.01. The van der Waals surface area contributed by atoms with Gasteiger partial charge in [-0.15, -0.1) is 0 Å². The maximum absolute atomic E-state index is 8.83. The van der Waals surface area contributed by atoms with Crippen molar-refractivity contribution in [1.29, 1.82) is 10.5 Å². The largest absolute Gasteiger partial charge is 0.393 e. The van der Waals surface area contributed by atoms with Crippen molar-refractivity contribution < 1.29 is 0 Å². The number of nitrogens with two attached hydrogens (primary N) is 1. The van der Waals surface area contributed by atoms with Crippen LogP contribution in [0.3, 0.4) is 0 Å². The third kappa shape index (κ3) is 4.23. The summed E-state index contributed by atoms with van der Waals surface area (Å²) in [5.41, 5.74) is 6.87. The zero-order valence-corrected chi connectivity index (χ0v) is 13.6. The molecular formula is C16H23N7. The van der Waals surface area contributed by atoms with Crippen LogP contribution in [0.25, 0.3) is 0 Å². The van der Waals surface area contributed by atoms with Crippen LogP contribution >= 0.6 is 0 Å². The number of nitriles is 2. The van der Waals surface area contributed by atoms with E-state index in [1.807, 2.05) is 4.90 Å². The van der Waals surface area contributed by atoms with Crippen LogP contribution in [0.4, 0.5) is 17.3 Å². The number of piperidine rings is 1. The standard InChI is InChI=1S/C16H23N7/c1-13-5-2-8-23(11-13)16-14(19)15(20-12-21-16)22(9-3-6-17)10-4-7-18/h12-13H,2-5,8-11,19H2,1H3. The summed E-state index contributed by atoms with van der Waals surface area (Å²) in [5, 5.41) is 17.7. The molecule has 0 aliphatic carbocycles. The summed E-state index contributed by atoms with van der Waals surface area (Å²) in [7, 11) is 0. The lowest BCUT2D eigenvalue weighted by molar-refractivity contribution is 0.445. The predicted molar refractivity (Wildman–Crippen MR) is 89.7 cm³/mol. The summed E-state index contributed by atoms with van der Waals surface area (Å²) >= 11 is 0. The molecule has 1 atom stereocenters. The second kappa shape index (κ2) is 8.19. The van der Waals surface area contributed by atoms with Crippen molar-refractivity contribution in [2.45, 2.75) is 32.6 Å². The van der Waals surface area contributed by atoms with Crippen LogP contribution in [0.15, 0.2) is 6.33 Å². The van der Waals surface area contributed by atoms with Crippen LogP contribution in [0, 0.1) is 28.6 Å². The number of nitrogen functional groups attached to an aromatic ring is 1. The number of hydrogen-bond acceptors (Lipinski definition) is 7. The normalized spacial score (nSPS) is 17.3. The van der Waals surface area contributed by atoms with Crippen molar-refractivity contribution >= 4 is 17.3 Å². The molecule has 1 aromatic rings. The molecule has 122 valence electrons. The summed E-state index contributed by atoms with van der Waals surface area (Å²) in [6.45, 7) is 5.14. The van der Waals surface area contributed by atoms with Gasteiger partial charge in [-0.2, -0.15) is 10.5 Å². The van der Waals surface area contributed by atoms with Crippen molar-refractivity contribution in [1.82, 2.24) is 9.97 Å². The zero-order valence-electron chi connectivity index (χ0n) is 13.6. The van der Waals surface area contributed by atoms with Gasteiger partial charge in [-0.3, -0.25) is 0 Å². The van der Waals surface area contributed by atoms with Gasteiger partial charge in [-0.1, -0.05) is 6.92 Å². The van der Waals surface area contributed by atoms with Gasteiger partial charge in [0.15, 0.2) is 11.6 Å². The number of hydrogen-bond donors (Lipinski definition) is 1. The molecule has 7 heteroatoms. The average Bonchev–Trinajstić information content (AvgIpc) is 2.56. The fraction of sp³-hybridized carbons (Fsp3) is 0.625. The molecule has 0 spiro atoms. The molecule has 2 heterocycles. The van der Waals surface area contributed by atoms with Gasteiger partial charge in [0, 0.05) is 26.2 Å². The minimum absolute atomic E-state index is 0.366. The highest BCUT2D eigenvalue weighted by molar-refractivity contribution is 5.75. The molecular weight excluding hydrogens is 290 g/mol. The number of rotatable bonds is 6. The van der Waals surface area contributed by atoms with Crippen molar-refractivity contribution in [2.75, 3.05) is 41.7 Å². The lowest BCUT2D eigenvalue weighted by Crippen LogP contribution is -2.36. The Labute approximate surface area is 137 Å². The fourth-order valence-corrected chi connectivity index (χ4v) is 2.96. The van der Waals surface area contributed by atoms with E-state index in [1.54, 1.807) is 0 Å². The Morgan fingerprint density at radius 3 is 2.61 bits per heavy atom. The van der Waals surface area contributed by atoms with Crippen LogP contribution < -0.4 is 15.5 Å². The Bertz CT molecular complexity index is 583. The summed E-state index contributed by atoms with van der Waals surface area (Å²) in [6, 6.07) is 4.26. The topological polar surface area (TPSA) is 106 Å². The van der Waals surface area contributed by atoms with Crippen LogP contribution in [0.1, 0.15) is 32.6 Å². The summed E-state index contributed by atoms with van der Waals surface area (Å²) < 4.78 is 0. The van der Waals surface area contributed by atoms with E-state index in [0.29, 0.717) is 43.4 Å². The molecule has 1 fully saturated rings. The third-order valence-electron chi connectivity index (χ3n) is 4.08. The van der Waals surface area contributed by atoms with Crippen molar-refractivity contribution in [3.63, 3.8) is 0 Å². The maximum atomic E-state index is 8.83. The van der Waals surface area contributed by atoms with Gasteiger partial charge in [-0.05, 0) is 18.8 Å². The number of nitrogens with zero attached hydrogens (tertiary/aromatic N) is 6. The van der Waals surface area contributed by atoms with Gasteiger partial charge in [0.25, 0.3) is 0 Å². The van der Waals surface area contributed by atoms with Crippen LogP contribution in [0.5, 0.6) is 0 Å². The molecule has 23 heavy (non-hydrogen) atoms. The van der Waals surface area contributed by atoms with Crippen LogP contribution in [-0.4, -0.2) is 36.1 Å². The van der Waals surface area contributed by atoms with E-state index >= 15 is 0 Å². The highest BCUT2D eigenvalue weighted by atomic mass is 15.3. The van der Waals surface area contributed by atoms with Crippen LogP contribution in [0.2, 0.25) is 0 Å². The first kappa shape index (κ1) is 16.8. The molecule has 1 saturated heterocycles. The van der Waals surface area contributed by atoms with Gasteiger partial charge >= 0.3 is 0 Å². The van der Waals surface area contributed by atoms with Crippen molar-refractivity contribution in [3.05, 3.63) is 6.33 Å². The minimum Gasteiger partial charge on any atom is -0.393 e. The fourth-order valence-electron chi connectivity index (χ4n) is 2.96. The van der Waals surface area contributed by atoms with E-state index in [1.165, 1.54) is 12.7 Å². The highest BCUT2D eigenvalue weighted by Gasteiger charge is 2.22. The summed E-state index contributed by atoms with van der Waals surface area (Å²) in [6.07, 6.45) is 4.61. The Morgan fingerprint density at radius 1 is 1.30 bits per heavy atom. The molecule has 2 N–H and O–H groups in total. The lowest BCUT2D eigenvalue weighted by Gasteiger charge is -2.33. The molecule has 0 saturated carbocycles. The Hall–Kier alpha value is -2.54. The molecule has 0 bridgehead atoms. The summed E-state index contributed by atoms with van der Waals surface area (Å²) in [4.78, 5) is 12.8. The molecule has 7 nitrogen and oxygen atoms in total. The van der Waals surface area contributed by atoms with E-state index in [-0.39, 0.29) is 0 Å². The molecule has 1 aliphatic rings. The van der Waals surface area contributed by atoms with E-state index in [2.05, 4.69) is 33.9 Å². The first-order chi connectivity index (χ1) is 11.2. The molecule has 0 aromatic carbocycles. The smallest absolute Gasteiger partial charge is 0.157 e. The lowest BCUT2D eigenvalue weighted by atomic mass is 10.0. The van der Waals surface area contributed by atoms with E-state index in [9.17, 15) is 0 Å². The predicted octanol–water partition coefficient (Wildman–Crippen LogP) is 1.93. The zero-order chi connectivity index (χ0) is 16.7. The minimum atomic E-state index is 0.366. The SMILES string of the molecule is CC1CCCN(c2ncnc(N(CCC#N)CCC#N)c2N)C1. The molecule has 1 aliphatic heterocycles. The second-order valence-electron chi connectivity index (χ2n) is 5.93. The van der Waals surface area contributed by atoms with Gasteiger partial charge in [0.1, 0.15) is 12.0 Å². The van der Waals surface area contributed by atoms with Crippen molar-refractivity contribution in [3.8, 4) is 12.1 Å². The first-order valence-electron chi connectivity index (χ1n) is 8.01. The number of aromatic nitrogens is 2. The highest BCUT2D eigenvalue weighted by Crippen LogP contribution is 2.31. The number of anilines is 3. The molecule has 1 aromatic heterocycles. The Balaban J connectivity index is 2.25. The average molecular weight is 313 g/mol. The monoisotopic (exact) mass is 313 g/mol. The quantitative estimate of drug-likeness (QED) is 0.855. The van der Waals surface area contributed by atoms with Gasteiger partial charge in [0.05, 0.1) is 25.0 Å². The van der Waals surface area contributed by atoms with Gasteiger partial charge in [-0.25, -0.2) is 9.97 Å². The van der Waals surface area contributed by atoms with E-state index < -0.39 is 0 Å². The van der Waals surface area contributed by atoms with Crippen LogP contribution in [-0.2, 0) is 0 Å². The van der Waals surface area contributed by atoms with Gasteiger partial charge in [0.2, 0.25) is 0 Å². The van der Waals surface area contributed by atoms with Crippen molar-refractivity contribution in [2.24, 2.45) is 5.92 Å². The Morgan fingerprint density at radius 2 is 2.00 bits per heavy atom. The van der Waals surface area contributed by atoms with E-state index in [0.717, 1.165) is 25.3 Å². The molecule has 2 rings (SSSR count). The molecule has 1 unspecified atom stereocenters. The van der Waals surface area contributed by atoms with Gasteiger partial charge < -0.3 is 15.5 Å². The molecule has 0 amide bonds. The molecule has 0 radical (unpaired) electrons. The third-order valence-corrected chi connectivity index (χ3v) is 4.08. The maximum Gasteiger partial charge on any atom is 0.157 e. The Kier molecular flexibility index (Phi) is 5.99. The first-order valence-corrected chi connectivity index (χ1v) is 8.01. The van der Waals surface area contributed by atoms with E-state index in [4.69, 9.17) is 16.3 Å². The second-order valence-corrected chi connectivity index (χ2v) is 5.93.